The third-order valence-electron chi connectivity index (χ3n) is 4.95. The Morgan fingerprint density at radius 1 is 0.938 bits per heavy atom. The van der Waals surface area contributed by atoms with Crippen molar-refractivity contribution in [1.82, 2.24) is 9.55 Å². The van der Waals surface area contributed by atoms with Crippen LogP contribution in [0.25, 0.3) is 22.3 Å². The number of para-hydroxylation sites is 3. The Labute approximate surface area is 184 Å². The Morgan fingerprint density at radius 2 is 1.69 bits per heavy atom. The van der Waals surface area contributed by atoms with Gasteiger partial charge in [-0.25, -0.2) is 4.98 Å². The van der Waals surface area contributed by atoms with E-state index in [0.29, 0.717) is 28.0 Å². The predicted octanol–water partition coefficient (Wildman–Crippen LogP) is 3.97. The van der Waals surface area contributed by atoms with Crippen LogP contribution in [0.5, 0.6) is 0 Å². The summed E-state index contributed by atoms with van der Waals surface area (Å²) in [6.07, 6.45) is 0. The molecule has 4 rings (SSSR count). The number of aromatic nitrogens is 2. The minimum absolute atomic E-state index is 0.163. The molecule has 160 valence electrons. The van der Waals surface area contributed by atoms with E-state index in [9.17, 15) is 14.4 Å². The number of rotatable bonds is 5. The number of hydrogen-bond acceptors (Lipinski definition) is 4. The molecule has 0 bridgehead atoms. The second-order valence-corrected chi connectivity index (χ2v) is 7.48. The van der Waals surface area contributed by atoms with Gasteiger partial charge in [0.05, 0.1) is 16.7 Å². The standard InChI is InChI=1S/C25H22N4O3/c1-16-8-7-9-18(14-16)27-23(31)15-29-22-13-6-5-12-21(22)28-24(25(29)32)19-10-3-4-11-20(19)26-17(2)30/h3-14H,15H2,1-2H3,(H,26,30)(H,27,31). The van der Waals surface area contributed by atoms with Crippen molar-refractivity contribution in [3.05, 3.63) is 88.7 Å². The van der Waals surface area contributed by atoms with Gasteiger partial charge in [0.2, 0.25) is 11.8 Å². The summed E-state index contributed by atoms with van der Waals surface area (Å²) < 4.78 is 1.41. The SMILES string of the molecule is CC(=O)Nc1ccccc1-c1nc2ccccc2n(CC(=O)Nc2cccc(C)c2)c1=O. The second-order valence-electron chi connectivity index (χ2n) is 7.48. The molecule has 0 fully saturated rings. The molecule has 0 saturated carbocycles. The van der Waals surface area contributed by atoms with Gasteiger partial charge in [0.1, 0.15) is 12.2 Å². The fourth-order valence-electron chi connectivity index (χ4n) is 3.58. The molecule has 1 aromatic heterocycles. The van der Waals surface area contributed by atoms with E-state index in [1.807, 2.05) is 31.2 Å². The molecule has 0 unspecified atom stereocenters. The highest BCUT2D eigenvalue weighted by molar-refractivity contribution is 5.94. The number of hydrogen-bond donors (Lipinski definition) is 2. The zero-order valence-corrected chi connectivity index (χ0v) is 17.8. The maximum Gasteiger partial charge on any atom is 0.278 e. The van der Waals surface area contributed by atoms with Crippen LogP contribution in [0.2, 0.25) is 0 Å². The van der Waals surface area contributed by atoms with Gasteiger partial charge in [-0.15, -0.1) is 0 Å². The van der Waals surface area contributed by atoms with Gasteiger partial charge in [-0.1, -0.05) is 42.5 Å². The average molecular weight is 426 g/mol. The van der Waals surface area contributed by atoms with Crippen LogP contribution >= 0.6 is 0 Å². The van der Waals surface area contributed by atoms with E-state index in [1.54, 1.807) is 48.5 Å². The third-order valence-corrected chi connectivity index (χ3v) is 4.95. The van der Waals surface area contributed by atoms with Gasteiger partial charge in [-0.3, -0.25) is 19.0 Å². The molecule has 0 aliphatic rings. The highest BCUT2D eigenvalue weighted by atomic mass is 16.2. The van der Waals surface area contributed by atoms with E-state index in [0.717, 1.165) is 5.56 Å². The highest BCUT2D eigenvalue weighted by Gasteiger charge is 2.17. The maximum absolute atomic E-state index is 13.5. The molecule has 0 spiro atoms. The average Bonchev–Trinajstić information content (AvgIpc) is 2.76. The van der Waals surface area contributed by atoms with Crippen LogP contribution < -0.4 is 16.2 Å². The van der Waals surface area contributed by atoms with Crippen molar-refractivity contribution in [2.75, 3.05) is 10.6 Å². The first-order chi connectivity index (χ1) is 15.4. The molecular formula is C25H22N4O3. The zero-order valence-electron chi connectivity index (χ0n) is 17.8. The molecule has 0 radical (unpaired) electrons. The van der Waals surface area contributed by atoms with Crippen LogP contribution in [-0.2, 0) is 16.1 Å². The number of amides is 2. The van der Waals surface area contributed by atoms with Crippen molar-refractivity contribution in [1.29, 1.82) is 0 Å². The normalized spacial score (nSPS) is 10.7. The number of benzene rings is 3. The first kappa shape index (κ1) is 21.0. The quantitative estimate of drug-likeness (QED) is 0.505. The second kappa shape index (κ2) is 8.85. The van der Waals surface area contributed by atoms with E-state index in [2.05, 4.69) is 15.6 Å². The first-order valence-corrected chi connectivity index (χ1v) is 10.2. The Hall–Kier alpha value is -4.26. The van der Waals surface area contributed by atoms with Crippen LogP contribution in [0, 0.1) is 6.92 Å². The number of fused-ring (bicyclic) bond motifs is 1. The minimum atomic E-state index is -0.416. The fourth-order valence-corrected chi connectivity index (χ4v) is 3.58. The van der Waals surface area contributed by atoms with Crippen molar-refractivity contribution in [3.8, 4) is 11.3 Å². The van der Waals surface area contributed by atoms with Crippen LogP contribution in [0.4, 0.5) is 11.4 Å². The van der Waals surface area contributed by atoms with Crippen molar-refractivity contribution in [3.63, 3.8) is 0 Å². The molecule has 0 aliphatic carbocycles. The van der Waals surface area contributed by atoms with Gasteiger partial charge < -0.3 is 10.6 Å². The van der Waals surface area contributed by atoms with Crippen LogP contribution in [-0.4, -0.2) is 21.4 Å². The Bertz CT molecular complexity index is 1390. The van der Waals surface area contributed by atoms with Crippen molar-refractivity contribution in [2.24, 2.45) is 0 Å². The molecule has 2 amide bonds. The van der Waals surface area contributed by atoms with Gasteiger partial charge in [0.25, 0.3) is 5.56 Å². The van der Waals surface area contributed by atoms with Crippen molar-refractivity contribution < 1.29 is 9.59 Å². The number of aryl methyl sites for hydroxylation is 1. The molecule has 0 atom stereocenters. The van der Waals surface area contributed by atoms with E-state index >= 15 is 0 Å². The van der Waals surface area contributed by atoms with Crippen LogP contribution in [0.15, 0.2) is 77.6 Å². The van der Waals surface area contributed by atoms with Gasteiger partial charge in [-0.2, -0.15) is 0 Å². The summed E-state index contributed by atoms with van der Waals surface area (Å²) in [6, 6.07) is 21.6. The third kappa shape index (κ3) is 4.41. The lowest BCUT2D eigenvalue weighted by Crippen LogP contribution is -2.30. The molecule has 2 N–H and O–H groups in total. The van der Waals surface area contributed by atoms with E-state index in [1.165, 1.54) is 11.5 Å². The van der Waals surface area contributed by atoms with Crippen molar-refractivity contribution in [2.45, 2.75) is 20.4 Å². The number of anilines is 2. The monoisotopic (exact) mass is 426 g/mol. The van der Waals surface area contributed by atoms with Gasteiger partial charge in [0, 0.05) is 18.2 Å². The largest absolute Gasteiger partial charge is 0.326 e. The molecule has 3 aromatic carbocycles. The van der Waals surface area contributed by atoms with E-state index in [4.69, 9.17) is 0 Å². The molecule has 0 saturated heterocycles. The summed E-state index contributed by atoms with van der Waals surface area (Å²) in [5.41, 5.74) is 3.53. The van der Waals surface area contributed by atoms with E-state index < -0.39 is 5.56 Å². The van der Waals surface area contributed by atoms with Crippen molar-refractivity contribution >= 4 is 34.2 Å². The summed E-state index contributed by atoms with van der Waals surface area (Å²) in [6.45, 7) is 3.17. The molecule has 1 heterocycles. The molecule has 32 heavy (non-hydrogen) atoms. The number of carbonyl (C=O) groups excluding carboxylic acids is 2. The molecular weight excluding hydrogens is 404 g/mol. The smallest absolute Gasteiger partial charge is 0.278 e. The van der Waals surface area contributed by atoms with Gasteiger partial charge in [0.15, 0.2) is 0 Å². The lowest BCUT2D eigenvalue weighted by molar-refractivity contribution is -0.117. The predicted molar refractivity (Wildman–Crippen MR) is 126 cm³/mol. The topological polar surface area (TPSA) is 93.1 Å². The number of nitrogens with one attached hydrogen (secondary N) is 2. The molecule has 7 nitrogen and oxygen atoms in total. The lowest BCUT2D eigenvalue weighted by Gasteiger charge is -2.14. The fraction of sp³-hybridized carbons (Fsp3) is 0.120. The Morgan fingerprint density at radius 3 is 2.47 bits per heavy atom. The summed E-state index contributed by atoms with van der Waals surface area (Å²) in [4.78, 5) is 42.5. The summed E-state index contributed by atoms with van der Waals surface area (Å²) >= 11 is 0. The Kier molecular flexibility index (Phi) is 5.81. The zero-order chi connectivity index (χ0) is 22.7. The first-order valence-electron chi connectivity index (χ1n) is 10.2. The van der Waals surface area contributed by atoms with Crippen LogP contribution in [0.3, 0.4) is 0 Å². The lowest BCUT2D eigenvalue weighted by atomic mass is 10.1. The highest BCUT2D eigenvalue weighted by Crippen LogP contribution is 2.25. The van der Waals surface area contributed by atoms with Gasteiger partial charge in [-0.05, 0) is 42.8 Å². The molecule has 4 aromatic rings. The Balaban J connectivity index is 1.80. The van der Waals surface area contributed by atoms with E-state index in [-0.39, 0.29) is 24.1 Å². The van der Waals surface area contributed by atoms with Crippen LogP contribution in [0.1, 0.15) is 12.5 Å². The summed E-state index contributed by atoms with van der Waals surface area (Å²) in [5.74, 6) is -0.578. The van der Waals surface area contributed by atoms with Gasteiger partial charge >= 0.3 is 0 Å². The molecule has 0 aliphatic heterocycles. The number of carbonyl (C=O) groups is 2. The molecule has 7 heteroatoms. The maximum atomic E-state index is 13.5. The summed E-state index contributed by atoms with van der Waals surface area (Å²) in [5, 5.41) is 5.58. The summed E-state index contributed by atoms with van der Waals surface area (Å²) in [7, 11) is 0. The number of nitrogens with zero attached hydrogens (tertiary/aromatic N) is 2. The minimum Gasteiger partial charge on any atom is -0.326 e.